The van der Waals surface area contributed by atoms with E-state index in [0.717, 1.165) is 11.3 Å². The minimum atomic E-state index is -0.372. The lowest BCUT2D eigenvalue weighted by atomic mass is 9.98. The Morgan fingerprint density at radius 1 is 1.47 bits per heavy atom. The van der Waals surface area contributed by atoms with Crippen molar-refractivity contribution in [1.29, 1.82) is 0 Å². The molecule has 4 nitrogen and oxygen atoms in total. The van der Waals surface area contributed by atoms with Gasteiger partial charge in [-0.1, -0.05) is 18.2 Å². The van der Waals surface area contributed by atoms with Crippen molar-refractivity contribution in [2.24, 2.45) is 17.4 Å². The van der Waals surface area contributed by atoms with Crippen LogP contribution in [-0.4, -0.2) is 19.6 Å². The largest absolute Gasteiger partial charge is 0.496 e. The van der Waals surface area contributed by atoms with Gasteiger partial charge < -0.3 is 16.2 Å². The Hall–Kier alpha value is -1.55. The molecule has 0 saturated heterocycles. The molecule has 0 spiro atoms. The molecule has 15 heavy (non-hydrogen) atoms. The number of benzene rings is 1. The molecule has 0 bridgehead atoms. The Morgan fingerprint density at radius 3 is 2.67 bits per heavy atom. The monoisotopic (exact) mass is 208 g/mol. The lowest BCUT2D eigenvalue weighted by Crippen LogP contribution is -2.31. The molecule has 1 amide bonds. The summed E-state index contributed by atoms with van der Waals surface area (Å²) in [5.41, 5.74) is 11.7. The number of para-hydroxylation sites is 1. The molecule has 1 rings (SSSR count). The van der Waals surface area contributed by atoms with Crippen molar-refractivity contribution in [3.63, 3.8) is 0 Å². The Kier molecular flexibility index (Phi) is 4.12. The molecular formula is C11H16N2O2. The van der Waals surface area contributed by atoms with Gasteiger partial charge in [0.25, 0.3) is 0 Å². The number of amides is 1. The predicted molar refractivity (Wildman–Crippen MR) is 58.4 cm³/mol. The zero-order valence-corrected chi connectivity index (χ0v) is 8.77. The van der Waals surface area contributed by atoms with Gasteiger partial charge in [0.15, 0.2) is 0 Å². The SMILES string of the molecule is COc1ccccc1CC(CN)C(N)=O. The van der Waals surface area contributed by atoms with Gasteiger partial charge in [-0.05, 0) is 18.1 Å². The number of hydrogen-bond acceptors (Lipinski definition) is 3. The van der Waals surface area contributed by atoms with Crippen LogP contribution in [0.15, 0.2) is 24.3 Å². The van der Waals surface area contributed by atoms with Crippen molar-refractivity contribution >= 4 is 5.91 Å². The van der Waals surface area contributed by atoms with Gasteiger partial charge in [-0.2, -0.15) is 0 Å². The fourth-order valence-corrected chi connectivity index (χ4v) is 1.44. The molecular weight excluding hydrogens is 192 g/mol. The van der Waals surface area contributed by atoms with Crippen molar-refractivity contribution < 1.29 is 9.53 Å². The van der Waals surface area contributed by atoms with Crippen LogP contribution >= 0.6 is 0 Å². The van der Waals surface area contributed by atoms with Crippen LogP contribution < -0.4 is 16.2 Å². The van der Waals surface area contributed by atoms with Crippen molar-refractivity contribution in [3.8, 4) is 5.75 Å². The summed E-state index contributed by atoms with van der Waals surface area (Å²) in [6.45, 7) is 0.257. The number of nitrogens with two attached hydrogens (primary N) is 2. The molecule has 0 aliphatic carbocycles. The smallest absolute Gasteiger partial charge is 0.222 e. The van der Waals surface area contributed by atoms with E-state index in [1.54, 1.807) is 7.11 Å². The highest BCUT2D eigenvalue weighted by Crippen LogP contribution is 2.20. The number of primary amides is 1. The molecule has 0 aliphatic heterocycles. The first-order valence-corrected chi connectivity index (χ1v) is 4.80. The van der Waals surface area contributed by atoms with E-state index in [2.05, 4.69) is 0 Å². The van der Waals surface area contributed by atoms with Gasteiger partial charge in [0.2, 0.25) is 5.91 Å². The third kappa shape index (κ3) is 2.95. The standard InChI is InChI=1S/C11H16N2O2/c1-15-10-5-3-2-4-8(10)6-9(7-12)11(13)14/h2-5,9H,6-7,12H2,1H3,(H2,13,14). The molecule has 0 saturated carbocycles. The summed E-state index contributed by atoms with van der Waals surface area (Å²) in [7, 11) is 1.60. The molecule has 0 aliphatic rings. The molecule has 4 heteroatoms. The zero-order valence-electron chi connectivity index (χ0n) is 8.77. The van der Waals surface area contributed by atoms with Crippen molar-refractivity contribution in [2.75, 3.05) is 13.7 Å². The molecule has 1 aromatic rings. The maximum absolute atomic E-state index is 11.0. The first-order chi connectivity index (χ1) is 7.19. The van der Waals surface area contributed by atoms with Crippen molar-refractivity contribution in [2.45, 2.75) is 6.42 Å². The van der Waals surface area contributed by atoms with E-state index in [-0.39, 0.29) is 18.4 Å². The summed E-state index contributed by atoms with van der Waals surface area (Å²) in [6, 6.07) is 7.53. The summed E-state index contributed by atoms with van der Waals surface area (Å²) in [5.74, 6) is 0.0573. The molecule has 0 fully saturated rings. The van der Waals surface area contributed by atoms with Gasteiger partial charge in [-0.15, -0.1) is 0 Å². The highest BCUT2D eigenvalue weighted by Gasteiger charge is 2.15. The first-order valence-electron chi connectivity index (χ1n) is 4.80. The Bertz CT molecular complexity index is 339. The van der Waals surface area contributed by atoms with Gasteiger partial charge in [-0.3, -0.25) is 4.79 Å². The van der Waals surface area contributed by atoms with Crippen LogP contribution in [0.2, 0.25) is 0 Å². The number of carbonyl (C=O) groups excluding carboxylic acids is 1. The van der Waals surface area contributed by atoms with Crippen LogP contribution in [0.4, 0.5) is 0 Å². The minimum Gasteiger partial charge on any atom is -0.496 e. The van der Waals surface area contributed by atoms with Gasteiger partial charge in [0.05, 0.1) is 13.0 Å². The zero-order chi connectivity index (χ0) is 11.3. The fourth-order valence-electron chi connectivity index (χ4n) is 1.44. The van der Waals surface area contributed by atoms with E-state index < -0.39 is 0 Å². The Labute approximate surface area is 89.2 Å². The van der Waals surface area contributed by atoms with Gasteiger partial charge >= 0.3 is 0 Å². The van der Waals surface area contributed by atoms with Crippen LogP contribution in [0.3, 0.4) is 0 Å². The van der Waals surface area contributed by atoms with E-state index in [1.807, 2.05) is 24.3 Å². The van der Waals surface area contributed by atoms with Crippen molar-refractivity contribution in [3.05, 3.63) is 29.8 Å². The number of methoxy groups -OCH3 is 1. The van der Waals surface area contributed by atoms with Gasteiger partial charge in [0, 0.05) is 6.54 Å². The maximum Gasteiger partial charge on any atom is 0.222 e. The van der Waals surface area contributed by atoms with Gasteiger partial charge in [0.1, 0.15) is 5.75 Å². The van der Waals surface area contributed by atoms with Crippen LogP contribution in [0.5, 0.6) is 5.75 Å². The molecule has 1 atom stereocenters. The second-order valence-electron chi connectivity index (χ2n) is 3.35. The summed E-state index contributed by atoms with van der Waals surface area (Å²) in [6.07, 6.45) is 0.524. The first kappa shape index (κ1) is 11.5. The second-order valence-corrected chi connectivity index (χ2v) is 3.35. The summed E-state index contributed by atoms with van der Waals surface area (Å²) >= 11 is 0. The molecule has 82 valence electrons. The maximum atomic E-state index is 11.0. The summed E-state index contributed by atoms with van der Waals surface area (Å²) < 4.78 is 5.18. The number of hydrogen-bond donors (Lipinski definition) is 2. The average molecular weight is 208 g/mol. The van der Waals surface area contributed by atoms with E-state index in [1.165, 1.54) is 0 Å². The summed E-state index contributed by atoms with van der Waals surface area (Å²) in [4.78, 5) is 11.0. The lowest BCUT2D eigenvalue weighted by molar-refractivity contribution is -0.121. The summed E-state index contributed by atoms with van der Waals surface area (Å²) in [5, 5.41) is 0. The number of carbonyl (C=O) groups is 1. The molecule has 0 radical (unpaired) electrons. The number of rotatable bonds is 5. The average Bonchev–Trinajstić information content (AvgIpc) is 2.25. The molecule has 0 aromatic heterocycles. The minimum absolute atomic E-state index is 0.257. The van der Waals surface area contributed by atoms with E-state index in [9.17, 15) is 4.79 Å². The fraction of sp³-hybridized carbons (Fsp3) is 0.364. The van der Waals surface area contributed by atoms with Crippen LogP contribution in [-0.2, 0) is 11.2 Å². The van der Waals surface area contributed by atoms with E-state index in [0.29, 0.717) is 6.42 Å². The molecule has 4 N–H and O–H groups in total. The predicted octanol–water partition coefficient (Wildman–Crippen LogP) is 0.298. The van der Waals surface area contributed by atoms with Gasteiger partial charge in [-0.25, -0.2) is 0 Å². The Morgan fingerprint density at radius 2 is 2.13 bits per heavy atom. The van der Waals surface area contributed by atoms with Crippen LogP contribution in [0, 0.1) is 5.92 Å². The molecule has 1 aromatic carbocycles. The topological polar surface area (TPSA) is 78.3 Å². The third-order valence-electron chi connectivity index (χ3n) is 2.35. The van der Waals surface area contributed by atoms with E-state index >= 15 is 0 Å². The van der Waals surface area contributed by atoms with Crippen molar-refractivity contribution in [1.82, 2.24) is 0 Å². The third-order valence-corrected chi connectivity index (χ3v) is 2.35. The second kappa shape index (κ2) is 5.36. The van der Waals surface area contributed by atoms with E-state index in [4.69, 9.17) is 16.2 Å². The number of ether oxygens (including phenoxy) is 1. The quantitative estimate of drug-likeness (QED) is 0.730. The highest BCUT2D eigenvalue weighted by atomic mass is 16.5. The van der Waals surface area contributed by atoms with Crippen LogP contribution in [0.1, 0.15) is 5.56 Å². The Balaban J connectivity index is 2.82. The van der Waals surface area contributed by atoms with Crippen LogP contribution in [0.25, 0.3) is 0 Å². The molecule has 0 heterocycles. The normalized spacial score (nSPS) is 12.1. The lowest BCUT2D eigenvalue weighted by Gasteiger charge is -2.13. The highest BCUT2D eigenvalue weighted by molar-refractivity contribution is 5.77. The molecule has 1 unspecified atom stereocenters.